The van der Waals surface area contributed by atoms with Crippen LogP contribution >= 0.6 is 0 Å². The summed E-state index contributed by atoms with van der Waals surface area (Å²) in [5, 5.41) is 9.42. The van der Waals surface area contributed by atoms with Crippen molar-refractivity contribution < 1.29 is 23.1 Å². The molecule has 0 spiro atoms. The van der Waals surface area contributed by atoms with Crippen LogP contribution in [0.25, 0.3) is 0 Å². The van der Waals surface area contributed by atoms with Crippen LogP contribution in [-0.2, 0) is 19.6 Å². The molecule has 0 aliphatic carbocycles. The van der Waals surface area contributed by atoms with E-state index in [1.54, 1.807) is 19.1 Å². The Kier molecular flexibility index (Phi) is 5.78. The van der Waals surface area contributed by atoms with E-state index in [0.717, 1.165) is 5.56 Å². The Morgan fingerprint density at radius 3 is 2.61 bits per heavy atom. The van der Waals surface area contributed by atoms with Gasteiger partial charge in [-0.25, -0.2) is 13.1 Å². The van der Waals surface area contributed by atoms with Gasteiger partial charge in [0.1, 0.15) is 0 Å². The Morgan fingerprint density at radius 1 is 1.35 bits per heavy atom. The predicted molar refractivity (Wildman–Crippen MR) is 85.8 cm³/mol. The fourth-order valence-corrected chi connectivity index (χ4v) is 4.24. The first-order valence-electron chi connectivity index (χ1n) is 7.69. The summed E-state index contributed by atoms with van der Waals surface area (Å²) in [5.74, 6) is -1.78. The number of benzene rings is 1. The van der Waals surface area contributed by atoms with Crippen molar-refractivity contribution in [3.63, 3.8) is 0 Å². The van der Waals surface area contributed by atoms with Crippen LogP contribution in [0.4, 0.5) is 0 Å². The maximum Gasteiger partial charge on any atom is 0.308 e. The molecular formula is C16H23NO5S. The van der Waals surface area contributed by atoms with Crippen molar-refractivity contribution >= 4 is 16.0 Å². The predicted octanol–water partition coefficient (Wildman–Crippen LogP) is 1.71. The number of carbonyl (C=O) groups is 1. The van der Waals surface area contributed by atoms with E-state index in [1.807, 2.05) is 13.0 Å². The van der Waals surface area contributed by atoms with E-state index in [2.05, 4.69) is 4.72 Å². The third kappa shape index (κ3) is 4.53. The second-order valence-corrected chi connectivity index (χ2v) is 7.75. The van der Waals surface area contributed by atoms with E-state index < -0.39 is 21.9 Å². The van der Waals surface area contributed by atoms with Crippen molar-refractivity contribution in [2.24, 2.45) is 11.8 Å². The van der Waals surface area contributed by atoms with Crippen molar-refractivity contribution in [3.8, 4) is 0 Å². The van der Waals surface area contributed by atoms with Gasteiger partial charge in [0, 0.05) is 19.8 Å². The number of nitrogens with one attached hydrogen (secondary N) is 1. The molecule has 23 heavy (non-hydrogen) atoms. The second kappa shape index (κ2) is 7.42. The van der Waals surface area contributed by atoms with Gasteiger partial charge in [-0.2, -0.15) is 0 Å². The summed E-state index contributed by atoms with van der Waals surface area (Å²) in [6, 6.07) is 5.19. The molecule has 1 aromatic carbocycles. The summed E-state index contributed by atoms with van der Waals surface area (Å²) < 4.78 is 32.7. The lowest BCUT2D eigenvalue weighted by Crippen LogP contribution is -2.39. The van der Waals surface area contributed by atoms with Gasteiger partial charge in [0.2, 0.25) is 10.0 Å². The first-order valence-corrected chi connectivity index (χ1v) is 9.17. The Bertz CT molecular complexity index is 665. The van der Waals surface area contributed by atoms with Crippen LogP contribution in [0, 0.1) is 25.7 Å². The van der Waals surface area contributed by atoms with Crippen LogP contribution in [0.15, 0.2) is 23.1 Å². The second-order valence-electron chi connectivity index (χ2n) is 6.02. The van der Waals surface area contributed by atoms with Gasteiger partial charge >= 0.3 is 5.97 Å². The smallest absolute Gasteiger partial charge is 0.308 e. The highest BCUT2D eigenvalue weighted by atomic mass is 32.2. The highest BCUT2D eigenvalue weighted by Crippen LogP contribution is 2.24. The molecular weight excluding hydrogens is 318 g/mol. The molecule has 2 rings (SSSR count). The summed E-state index contributed by atoms with van der Waals surface area (Å²) in [4.78, 5) is 11.7. The molecule has 1 heterocycles. The number of rotatable bonds is 6. The van der Waals surface area contributed by atoms with E-state index in [-0.39, 0.29) is 17.4 Å². The van der Waals surface area contributed by atoms with Gasteiger partial charge in [-0.3, -0.25) is 4.79 Å². The van der Waals surface area contributed by atoms with Gasteiger partial charge in [-0.05, 0) is 49.8 Å². The van der Waals surface area contributed by atoms with Gasteiger partial charge in [0.15, 0.2) is 0 Å². The molecule has 1 atom stereocenters. The number of carboxylic acids is 1. The Morgan fingerprint density at radius 2 is 2.00 bits per heavy atom. The molecule has 1 saturated heterocycles. The summed E-state index contributed by atoms with van der Waals surface area (Å²) >= 11 is 0. The first kappa shape index (κ1) is 17.9. The van der Waals surface area contributed by atoms with E-state index in [4.69, 9.17) is 4.74 Å². The molecule has 0 amide bonds. The van der Waals surface area contributed by atoms with Crippen LogP contribution in [0.3, 0.4) is 0 Å². The lowest BCUT2D eigenvalue weighted by molar-refractivity contribution is -0.144. The maximum atomic E-state index is 12.5. The minimum Gasteiger partial charge on any atom is -0.481 e. The fraction of sp³-hybridized carbons (Fsp3) is 0.562. The van der Waals surface area contributed by atoms with Gasteiger partial charge in [-0.1, -0.05) is 12.1 Å². The Balaban J connectivity index is 2.12. The zero-order valence-electron chi connectivity index (χ0n) is 13.4. The van der Waals surface area contributed by atoms with Gasteiger partial charge < -0.3 is 9.84 Å². The zero-order chi connectivity index (χ0) is 17.0. The summed E-state index contributed by atoms with van der Waals surface area (Å²) in [5.41, 5.74) is 1.48. The molecule has 1 aromatic rings. The van der Waals surface area contributed by atoms with E-state index >= 15 is 0 Å². The summed E-state index contributed by atoms with van der Waals surface area (Å²) in [6.45, 7) is 4.49. The number of aryl methyl sites for hydroxylation is 2. The molecule has 128 valence electrons. The monoisotopic (exact) mass is 341 g/mol. The molecule has 2 N–H and O–H groups in total. The highest BCUT2D eigenvalue weighted by Gasteiger charge is 2.31. The number of ether oxygens (including phenoxy) is 1. The minimum absolute atomic E-state index is 0.0671. The molecule has 0 bridgehead atoms. The molecule has 7 heteroatoms. The van der Waals surface area contributed by atoms with Crippen LogP contribution in [0.1, 0.15) is 24.0 Å². The number of aliphatic carboxylic acids is 1. The van der Waals surface area contributed by atoms with Gasteiger partial charge in [0.05, 0.1) is 10.8 Å². The average Bonchev–Trinajstić information content (AvgIpc) is 2.50. The standard InChI is InChI=1S/C16H23NO5S/c1-11-3-4-12(2)15(9-11)23(20,21)17-10-14(16(18)19)13-5-7-22-8-6-13/h3-4,9,13-14,17H,5-8,10H2,1-2H3,(H,18,19). The van der Waals surface area contributed by atoms with Crippen molar-refractivity contribution in [3.05, 3.63) is 29.3 Å². The van der Waals surface area contributed by atoms with Crippen LogP contribution in [0.5, 0.6) is 0 Å². The van der Waals surface area contributed by atoms with E-state index in [9.17, 15) is 18.3 Å². The Labute approximate surface area is 136 Å². The van der Waals surface area contributed by atoms with E-state index in [1.165, 1.54) is 0 Å². The summed E-state index contributed by atoms with van der Waals surface area (Å²) in [7, 11) is -3.73. The van der Waals surface area contributed by atoms with Gasteiger partial charge in [-0.15, -0.1) is 0 Å². The third-order valence-corrected chi connectivity index (χ3v) is 5.84. The molecule has 0 radical (unpaired) electrons. The quantitative estimate of drug-likeness (QED) is 0.822. The largest absolute Gasteiger partial charge is 0.481 e. The van der Waals surface area contributed by atoms with Crippen LogP contribution in [-0.4, -0.2) is 39.3 Å². The van der Waals surface area contributed by atoms with Crippen LogP contribution < -0.4 is 4.72 Å². The molecule has 6 nitrogen and oxygen atoms in total. The molecule has 0 aromatic heterocycles. The summed E-state index contributed by atoms with van der Waals surface area (Å²) in [6.07, 6.45) is 1.28. The minimum atomic E-state index is -3.73. The number of carboxylic acid groups (broad SMARTS) is 1. The maximum absolute atomic E-state index is 12.5. The average molecular weight is 341 g/mol. The lowest BCUT2D eigenvalue weighted by Gasteiger charge is -2.27. The van der Waals surface area contributed by atoms with Gasteiger partial charge in [0.25, 0.3) is 0 Å². The van der Waals surface area contributed by atoms with Crippen LogP contribution in [0.2, 0.25) is 0 Å². The number of hydrogen-bond donors (Lipinski definition) is 2. The molecule has 0 saturated carbocycles. The number of sulfonamides is 1. The van der Waals surface area contributed by atoms with Crippen molar-refractivity contribution in [1.29, 1.82) is 0 Å². The SMILES string of the molecule is Cc1ccc(C)c(S(=O)(=O)NCC(C(=O)O)C2CCOCC2)c1. The molecule has 1 unspecified atom stereocenters. The Hall–Kier alpha value is -1.44. The number of hydrogen-bond acceptors (Lipinski definition) is 4. The van der Waals surface area contributed by atoms with Crippen molar-refractivity contribution in [2.75, 3.05) is 19.8 Å². The van der Waals surface area contributed by atoms with Crippen molar-refractivity contribution in [2.45, 2.75) is 31.6 Å². The molecule has 1 aliphatic heterocycles. The molecule has 1 aliphatic rings. The fourth-order valence-electron chi connectivity index (χ4n) is 2.85. The van der Waals surface area contributed by atoms with Crippen molar-refractivity contribution in [1.82, 2.24) is 4.72 Å². The first-order chi connectivity index (χ1) is 10.8. The molecule has 1 fully saturated rings. The lowest BCUT2D eigenvalue weighted by atomic mass is 9.86. The third-order valence-electron chi connectivity index (χ3n) is 4.28. The normalized spacial score (nSPS) is 17.8. The highest BCUT2D eigenvalue weighted by molar-refractivity contribution is 7.89. The topological polar surface area (TPSA) is 92.7 Å². The zero-order valence-corrected chi connectivity index (χ0v) is 14.2. The van der Waals surface area contributed by atoms with E-state index in [0.29, 0.717) is 31.6 Å².